The number of fused-ring (bicyclic) bond motifs is 1. The zero-order valence-corrected chi connectivity index (χ0v) is 19.0. The van der Waals surface area contributed by atoms with Crippen LogP contribution in [-0.2, 0) is 21.4 Å². The van der Waals surface area contributed by atoms with Gasteiger partial charge in [0.1, 0.15) is 0 Å². The zero-order valence-electron chi connectivity index (χ0n) is 19.0. The van der Waals surface area contributed by atoms with Gasteiger partial charge in [-0.3, -0.25) is 19.6 Å². The molecule has 8 nitrogen and oxygen atoms in total. The van der Waals surface area contributed by atoms with Crippen molar-refractivity contribution in [2.24, 2.45) is 18.4 Å². The Morgan fingerprint density at radius 3 is 2.70 bits per heavy atom. The van der Waals surface area contributed by atoms with Gasteiger partial charge >= 0.3 is 6.09 Å². The molecular weight excluding hydrogens is 420 g/mol. The highest BCUT2D eigenvalue weighted by molar-refractivity contribution is 6.02. The Kier molecular flexibility index (Phi) is 5.35. The maximum Gasteiger partial charge on any atom is 0.409 e. The number of hydrogen-bond donors (Lipinski definition) is 1. The van der Waals surface area contributed by atoms with Gasteiger partial charge in [0.05, 0.1) is 24.2 Å². The first-order valence-electron chi connectivity index (χ1n) is 11.5. The quantitative estimate of drug-likeness (QED) is 0.535. The third-order valence-corrected chi connectivity index (χ3v) is 7.49. The average Bonchev–Trinajstić information content (AvgIpc) is 3.11. The van der Waals surface area contributed by atoms with E-state index >= 15 is 0 Å². The molecule has 3 amide bonds. The molecule has 3 fully saturated rings. The molecule has 1 aromatic heterocycles. The van der Waals surface area contributed by atoms with Crippen molar-refractivity contribution in [3.8, 4) is 11.8 Å². The van der Waals surface area contributed by atoms with Gasteiger partial charge in [-0.1, -0.05) is 11.8 Å². The van der Waals surface area contributed by atoms with E-state index in [1.54, 1.807) is 9.58 Å². The summed E-state index contributed by atoms with van der Waals surface area (Å²) in [6.07, 6.45) is 4.80. The number of aromatic nitrogens is 2. The van der Waals surface area contributed by atoms with E-state index in [9.17, 15) is 14.4 Å². The number of nitrogens with zero attached hydrogens (tertiary/aromatic N) is 3. The summed E-state index contributed by atoms with van der Waals surface area (Å²) >= 11 is 0. The van der Waals surface area contributed by atoms with E-state index in [2.05, 4.69) is 22.3 Å². The van der Waals surface area contributed by atoms with Crippen LogP contribution in [0.4, 0.5) is 4.79 Å². The van der Waals surface area contributed by atoms with Gasteiger partial charge in [-0.05, 0) is 55.7 Å². The van der Waals surface area contributed by atoms with E-state index in [1.165, 1.54) is 7.11 Å². The largest absolute Gasteiger partial charge is 0.453 e. The number of likely N-dealkylation sites (tertiary alicyclic amines) is 1. The number of aryl methyl sites for hydroxylation is 1. The summed E-state index contributed by atoms with van der Waals surface area (Å²) in [4.78, 5) is 37.3. The van der Waals surface area contributed by atoms with E-state index in [4.69, 9.17) is 4.74 Å². The molecule has 172 valence electrons. The molecule has 1 saturated carbocycles. The van der Waals surface area contributed by atoms with Gasteiger partial charge in [0.2, 0.25) is 11.8 Å². The van der Waals surface area contributed by atoms with Gasteiger partial charge in [0, 0.05) is 43.4 Å². The molecule has 1 atom stereocenters. The molecule has 3 heterocycles. The number of carbonyl (C=O) groups is 3. The lowest BCUT2D eigenvalue weighted by Crippen LogP contribution is -2.48. The smallest absolute Gasteiger partial charge is 0.409 e. The molecule has 1 unspecified atom stereocenters. The summed E-state index contributed by atoms with van der Waals surface area (Å²) in [6.45, 7) is 1.53. The Bertz CT molecular complexity index is 1190. The van der Waals surface area contributed by atoms with Gasteiger partial charge < -0.3 is 9.64 Å². The minimum atomic E-state index is -0.403. The molecule has 1 aliphatic carbocycles. The topological polar surface area (TPSA) is 93.5 Å². The summed E-state index contributed by atoms with van der Waals surface area (Å²) in [5, 5.41) is 7.94. The van der Waals surface area contributed by atoms with E-state index in [0.717, 1.165) is 60.9 Å². The van der Waals surface area contributed by atoms with Crippen LogP contribution < -0.4 is 5.32 Å². The number of piperidine rings is 2. The normalized spacial score (nSPS) is 22.5. The van der Waals surface area contributed by atoms with E-state index in [1.807, 2.05) is 25.2 Å². The average molecular weight is 449 g/mol. The van der Waals surface area contributed by atoms with Crippen LogP contribution in [0.2, 0.25) is 0 Å². The van der Waals surface area contributed by atoms with Gasteiger partial charge in [-0.2, -0.15) is 5.10 Å². The van der Waals surface area contributed by atoms with Crippen LogP contribution in [0, 0.1) is 23.2 Å². The summed E-state index contributed by atoms with van der Waals surface area (Å²) in [5.41, 5.74) is 2.91. The number of benzene rings is 1. The molecule has 1 aromatic carbocycles. The maximum absolute atomic E-state index is 12.3. The first kappa shape index (κ1) is 21.5. The molecule has 0 radical (unpaired) electrons. The lowest BCUT2D eigenvalue weighted by molar-refractivity contribution is -0.134. The van der Waals surface area contributed by atoms with Crippen molar-refractivity contribution in [3.63, 3.8) is 0 Å². The molecule has 0 bridgehead atoms. The molecule has 2 aliphatic heterocycles. The van der Waals surface area contributed by atoms with Crippen molar-refractivity contribution in [2.75, 3.05) is 20.2 Å². The van der Waals surface area contributed by atoms with E-state index in [0.29, 0.717) is 24.2 Å². The minimum absolute atomic E-state index is 0.221. The Balaban J connectivity index is 1.26. The lowest BCUT2D eigenvalue weighted by Gasteiger charge is -2.50. The predicted octanol–water partition coefficient (Wildman–Crippen LogP) is 2.70. The van der Waals surface area contributed by atoms with Crippen molar-refractivity contribution in [1.82, 2.24) is 20.0 Å². The molecule has 1 spiro atoms. The summed E-state index contributed by atoms with van der Waals surface area (Å²) in [6, 6.07) is 5.99. The number of methoxy groups -OCH3 is 1. The standard InChI is InChI=1S/C25H28N4O4/c1-28-20-13-16(5-6-18(20)22(27-28)19-7-8-21(30)26-23(19)31)3-4-17-14-25(15-17)9-11-29(12-10-25)24(32)33-2/h5-6,13,17,19H,7-12,14-15H2,1-2H3,(H,26,30,31). The number of imide groups is 1. The molecule has 8 heteroatoms. The number of carbonyl (C=O) groups excluding carboxylic acids is 3. The van der Waals surface area contributed by atoms with Crippen LogP contribution in [0.1, 0.15) is 55.7 Å². The van der Waals surface area contributed by atoms with Crippen LogP contribution in [0.25, 0.3) is 10.9 Å². The molecule has 2 aromatic rings. The number of amides is 3. The highest BCUT2D eigenvalue weighted by atomic mass is 16.5. The second-order valence-electron chi connectivity index (χ2n) is 9.58. The third kappa shape index (κ3) is 3.97. The summed E-state index contributed by atoms with van der Waals surface area (Å²) in [7, 11) is 3.30. The number of ether oxygens (including phenoxy) is 1. The monoisotopic (exact) mass is 448 g/mol. The van der Waals surface area contributed by atoms with Crippen molar-refractivity contribution >= 4 is 28.8 Å². The molecule has 1 N–H and O–H groups in total. The second-order valence-corrected chi connectivity index (χ2v) is 9.58. The minimum Gasteiger partial charge on any atom is -0.453 e. The first-order chi connectivity index (χ1) is 15.9. The number of hydrogen-bond acceptors (Lipinski definition) is 5. The Labute approximate surface area is 192 Å². The van der Waals surface area contributed by atoms with E-state index in [-0.39, 0.29) is 17.9 Å². The second kappa shape index (κ2) is 8.22. The first-order valence-corrected chi connectivity index (χ1v) is 11.5. The van der Waals surface area contributed by atoms with Gasteiger partial charge in [-0.15, -0.1) is 0 Å². The van der Waals surface area contributed by atoms with Crippen molar-refractivity contribution in [3.05, 3.63) is 29.5 Å². The fourth-order valence-corrected chi connectivity index (χ4v) is 5.55. The molecule has 5 rings (SSSR count). The molecule has 3 aliphatic rings. The van der Waals surface area contributed by atoms with E-state index < -0.39 is 5.92 Å². The Morgan fingerprint density at radius 1 is 1.24 bits per heavy atom. The van der Waals surface area contributed by atoms with Crippen LogP contribution in [0.3, 0.4) is 0 Å². The maximum atomic E-state index is 12.3. The lowest BCUT2D eigenvalue weighted by atomic mass is 9.58. The van der Waals surface area contributed by atoms with Gasteiger partial charge in [0.15, 0.2) is 0 Å². The fourth-order valence-electron chi connectivity index (χ4n) is 5.55. The predicted molar refractivity (Wildman–Crippen MR) is 121 cm³/mol. The van der Waals surface area contributed by atoms with Crippen molar-refractivity contribution in [1.29, 1.82) is 0 Å². The Hall–Kier alpha value is -3.34. The fraction of sp³-hybridized carbons (Fsp3) is 0.520. The summed E-state index contributed by atoms with van der Waals surface area (Å²) < 4.78 is 6.61. The van der Waals surface area contributed by atoms with Crippen LogP contribution >= 0.6 is 0 Å². The van der Waals surface area contributed by atoms with Crippen LogP contribution in [-0.4, -0.2) is 52.8 Å². The highest BCUT2D eigenvalue weighted by Crippen LogP contribution is 2.52. The van der Waals surface area contributed by atoms with Crippen LogP contribution in [0.15, 0.2) is 18.2 Å². The van der Waals surface area contributed by atoms with Gasteiger partial charge in [0.25, 0.3) is 0 Å². The van der Waals surface area contributed by atoms with Crippen LogP contribution in [0.5, 0.6) is 0 Å². The molecule has 2 saturated heterocycles. The third-order valence-electron chi connectivity index (χ3n) is 7.49. The highest BCUT2D eigenvalue weighted by Gasteiger charge is 2.45. The zero-order chi connectivity index (χ0) is 23.2. The van der Waals surface area contributed by atoms with Gasteiger partial charge in [-0.25, -0.2) is 4.79 Å². The number of rotatable bonds is 1. The SMILES string of the molecule is COC(=O)N1CCC2(CC1)CC(C#Cc1ccc3c(C4CCC(=O)NC4=O)nn(C)c3c1)C2. The Morgan fingerprint density at radius 2 is 2.00 bits per heavy atom. The summed E-state index contributed by atoms with van der Waals surface area (Å²) in [5.74, 6) is 6.25. The van der Waals surface area contributed by atoms with Crippen molar-refractivity contribution < 1.29 is 19.1 Å². The molecular formula is C25H28N4O4. The molecule has 33 heavy (non-hydrogen) atoms. The number of nitrogens with one attached hydrogen (secondary N) is 1. The van der Waals surface area contributed by atoms with Crippen molar-refractivity contribution in [2.45, 2.75) is 44.4 Å².